The van der Waals surface area contributed by atoms with Crippen LogP contribution in [-0.2, 0) is 4.79 Å². The highest BCUT2D eigenvalue weighted by atomic mass is 32.2. The van der Waals surface area contributed by atoms with E-state index in [9.17, 15) is 4.79 Å². The number of carbonyl (C=O) groups is 1. The molecule has 0 radical (unpaired) electrons. The summed E-state index contributed by atoms with van der Waals surface area (Å²) >= 11 is 3.11. The van der Waals surface area contributed by atoms with Gasteiger partial charge in [0.25, 0.3) is 0 Å². The summed E-state index contributed by atoms with van der Waals surface area (Å²) in [6.07, 6.45) is 4.44. The Balaban J connectivity index is 1.31. The van der Waals surface area contributed by atoms with Crippen molar-refractivity contribution in [3.05, 3.63) is 41.5 Å². The maximum Gasteiger partial charge on any atom is 0.233 e. The van der Waals surface area contributed by atoms with Crippen LogP contribution in [0.25, 0.3) is 10.2 Å². The summed E-state index contributed by atoms with van der Waals surface area (Å²) in [6, 6.07) is 8.15. The topological polar surface area (TPSA) is 64.6 Å². The van der Waals surface area contributed by atoms with Gasteiger partial charge in [0.2, 0.25) is 5.91 Å². The van der Waals surface area contributed by atoms with Crippen molar-refractivity contribution < 1.29 is 14.3 Å². The van der Waals surface area contributed by atoms with Gasteiger partial charge < -0.3 is 14.4 Å². The summed E-state index contributed by atoms with van der Waals surface area (Å²) in [5, 5.41) is 2.89. The molecule has 2 aromatic heterocycles. The summed E-state index contributed by atoms with van der Waals surface area (Å²) in [5.41, 5.74) is 2.05. The number of nitrogens with zero attached hydrogens (tertiary/aromatic N) is 3. The van der Waals surface area contributed by atoms with Crippen molar-refractivity contribution >= 4 is 39.2 Å². The van der Waals surface area contributed by atoms with E-state index in [4.69, 9.17) is 9.47 Å². The lowest BCUT2D eigenvalue weighted by Gasteiger charge is -2.25. The number of thiophene rings is 1. The van der Waals surface area contributed by atoms with Crippen LogP contribution in [-0.4, -0.2) is 46.3 Å². The van der Waals surface area contributed by atoms with Crippen LogP contribution < -0.4 is 9.47 Å². The van der Waals surface area contributed by atoms with Crippen LogP contribution in [0.1, 0.15) is 30.9 Å². The summed E-state index contributed by atoms with van der Waals surface area (Å²) in [4.78, 5) is 23.7. The lowest BCUT2D eigenvalue weighted by Crippen LogP contribution is -2.32. The SMILES string of the molecule is O=C(CSc1ncnc2ccsc12)N1CCC[C@@H]1c1ccc2c(c1)OCCCO2. The number of thioether (sulfide) groups is 1. The fraction of sp³-hybridized carbons (Fsp3) is 0.381. The molecule has 0 spiro atoms. The van der Waals surface area contributed by atoms with E-state index >= 15 is 0 Å². The van der Waals surface area contributed by atoms with Crippen LogP contribution in [0.2, 0.25) is 0 Å². The molecular formula is C21H21N3O3S2. The highest BCUT2D eigenvalue weighted by molar-refractivity contribution is 8.00. The van der Waals surface area contributed by atoms with E-state index in [0.717, 1.165) is 58.1 Å². The summed E-state index contributed by atoms with van der Waals surface area (Å²) < 4.78 is 12.6. The molecule has 29 heavy (non-hydrogen) atoms. The van der Waals surface area contributed by atoms with Gasteiger partial charge in [-0.15, -0.1) is 11.3 Å². The van der Waals surface area contributed by atoms with Crippen molar-refractivity contribution in [1.29, 1.82) is 0 Å². The number of rotatable bonds is 4. The number of hydrogen-bond acceptors (Lipinski definition) is 7. The number of amides is 1. The predicted octanol–water partition coefficient (Wildman–Crippen LogP) is 4.31. The van der Waals surface area contributed by atoms with Gasteiger partial charge in [-0.3, -0.25) is 4.79 Å². The highest BCUT2D eigenvalue weighted by Gasteiger charge is 2.30. The molecule has 0 unspecified atom stereocenters. The first-order valence-corrected chi connectivity index (χ1v) is 11.7. The van der Waals surface area contributed by atoms with E-state index in [1.165, 1.54) is 11.8 Å². The fourth-order valence-electron chi connectivity index (χ4n) is 3.88. The molecule has 2 aliphatic heterocycles. The Morgan fingerprint density at radius 1 is 1.17 bits per heavy atom. The normalized spacial score (nSPS) is 18.8. The van der Waals surface area contributed by atoms with Crippen LogP contribution in [0.3, 0.4) is 0 Å². The van der Waals surface area contributed by atoms with Gasteiger partial charge in [0.1, 0.15) is 11.4 Å². The lowest BCUT2D eigenvalue weighted by molar-refractivity contribution is -0.129. The van der Waals surface area contributed by atoms with Gasteiger partial charge >= 0.3 is 0 Å². The second kappa shape index (κ2) is 8.20. The average Bonchev–Trinajstić information content (AvgIpc) is 3.37. The molecule has 0 N–H and O–H groups in total. The zero-order valence-electron chi connectivity index (χ0n) is 15.9. The summed E-state index contributed by atoms with van der Waals surface area (Å²) in [5.74, 6) is 2.11. The Morgan fingerprint density at radius 3 is 3.00 bits per heavy atom. The van der Waals surface area contributed by atoms with Gasteiger partial charge in [0, 0.05) is 13.0 Å². The molecule has 3 aromatic rings. The van der Waals surface area contributed by atoms with Crippen molar-refractivity contribution in [2.45, 2.75) is 30.3 Å². The van der Waals surface area contributed by atoms with Crippen LogP contribution in [0.4, 0.5) is 0 Å². The van der Waals surface area contributed by atoms with E-state index in [-0.39, 0.29) is 11.9 Å². The molecule has 2 aliphatic rings. The van der Waals surface area contributed by atoms with Crippen molar-refractivity contribution in [2.24, 2.45) is 0 Å². The van der Waals surface area contributed by atoms with Crippen molar-refractivity contribution in [1.82, 2.24) is 14.9 Å². The lowest BCUT2D eigenvalue weighted by atomic mass is 10.0. The minimum Gasteiger partial charge on any atom is -0.490 e. The number of hydrogen-bond donors (Lipinski definition) is 0. The average molecular weight is 428 g/mol. The zero-order chi connectivity index (χ0) is 19.6. The number of likely N-dealkylation sites (tertiary alicyclic amines) is 1. The van der Waals surface area contributed by atoms with E-state index in [2.05, 4.69) is 16.0 Å². The maximum absolute atomic E-state index is 13.0. The Labute approximate surface area is 177 Å². The number of aromatic nitrogens is 2. The quantitative estimate of drug-likeness (QED) is 0.457. The third kappa shape index (κ3) is 3.79. The molecule has 1 fully saturated rings. The molecule has 150 valence electrons. The molecular weight excluding hydrogens is 406 g/mol. The standard InChI is InChI=1S/C21H21N3O3S2/c25-19(12-29-21-20-15(6-10-28-20)22-13-23-21)24-7-1-3-16(24)14-4-5-17-18(11-14)27-9-2-8-26-17/h4-6,10-11,13,16H,1-3,7-9,12H2/t16-/m1/s1. The number of benzene rings is 1. The minimum absolute atomic E-state index is 0.0902. The summed E-state index contributed by atoms with van der Waals surface area (Å²) in [6.45, 7) is 2.13. The molecule has 0 aliphatic carbocycles. The molecule has 0 bridgehead atoms. The van der Waals surface area contributed by atoms with Crippen LogP contribution in [0.5, 0.6) is 11.5 Å². The Hall–Kier alpha value is -2.32. The second-order valence-corrected chi connectivity index (χ2v) is 8.98. The van der Waals surface area contributed by atoms with Crippen LogP contribution in [0, 0.1) is 0 Å². The third-order valence-corrected chi connectivity index (χ3v) is 7.29. The first-order valence-electron chi connectivity index (χ1n) is 9.79. The van der Waals surface area contributed by atoms with Crippen molar-refractivity contribution in [2.75, 3.05) is 25.5 Å². The molecule has 4 heterocycles. The smallest absolute Gasteiger partial charge is 0.233 e. The fourth-order valence-corrected chi connectivity index (χ4v) is 5.71. The van der Waals surface area contributed by atoms with Gasteiger partial charge in [-0.2, -0.15) is 0 Å². The summed E-state index contributed by atoms with van der Waals surface area (Å²) in [7, 11) is 0. The van der Waals surface area contributed by atoms with Gasteiger partial charge in [0.15, 0.2) is 11.5 Å². The van der Waals surface area contributed by atoms with Crippen LogP contribution in [0.15, 0.2) is 41.0 Å². The maximum atomic E-state index is 13.0. The minimum atomic E-state index is 0.0902. The largest absolute Gasteiger partial charge is 0.490 e. The van der Waals surface area contributed by atoms with Gasteiger partial charge in [0.05, 0.1) is 35.2 Å². The van der Waals surface area contributed by atoms with Crippen molar-refractivity contribution in [3.63, 3.8) is 0 Å². The van der Waals surface area contributed by atoms with Crippen molar-refractivity contribution in [3.8, 4) is 11.5 Å². The molecule has 5 rings (SSSR count). The molecule has 1 aromatic carbocycles. The van der Waals surface area contributed by atoms with Gasteiger partial charge in [-0.1, -0.05) is 17.8 Å². The molecule has 6 nitrogen and oxygen atoms in total. The first-order chi connectivity index (χ1) is 14.3. The third-order valence-electron chi connectivity index (χ3n) is 5.27. The van der Waals surface area contributed by atoms with E-state index < -0.39 is 0 Å². The van der Waals surface area contributed by atoms with Gasteiger partial charge in [-0.25, -0.2) is 9.97 Å². The zero-order valence-corrected chi connectivity index (χ0v) is 17.5. The Morgan fingerprint density at radius 2 is 2.07 bits per heavy atom. The first kappa shape index (κ1) is 18.7. The molecule has 1 atom stereocenters. The number of fused-ring (bicyclic) bond motifs is 2. The van der Waals surface area contributed by atoms with E-state index in [1.807, 2.05) is 28.5 Å². The van der Waals surface area contributed by atoms with Crippen LogP contribution >= 0.6 is 23.1 Å². The number of carbonyl (C=O) groups excluding carboxylic acids is 1. The Kier molecular flexibility index (Phi) is 5.28. The predicted molar refractivity (Wildman–Crippen MR) is 114 cm³/mol. The highest BCUT2D eigenvalue weighted by Crippen LogP contribution is 2.38. The van der Waals surface area contributed by atoms with E-state index in [0.29, 0.717) is 19.0 Å². The second-order valence-electron chi connectivity index (χ2n) is 7.10. The number of ether oxygens (including phenoxy) is 2. The Bertz CT molecular complexity index is 1040. The molecule has 1 saturated heterocycles. The molecule has 8 heteroatoms. The van der Waals surface area contributed by atoms with E-state index in [1.54, 1.807) is 17.7 Å². The monoisotopic (exact) mass is 427 g/mol. The molecule has 1 amide bonds. The molecule has 0 saturated carbocycles. The van der Waals surface area contributed by atoms with Gasteiger partial charge in [-0.05, 0) is 42.0 Å².